The quantitative estimate of drug-likeness (QED) is 0.671. The molecule has 3 aromatic rings. The van der Waals surface area contributed by atoms with Gasteiger partial charge in [0.1, 0.15) is 17.5 Å². The van der Waals surface area contributed by atoms with Gasteiger partial charge in [-0.15, -0.1) is 0 Å². The maximum Gasteiger partial charge on any atom is 0.296 e. The summed E-state index contributed by atoms with van der Waals surface area (Å²) in [6.45, 7) is 2.07. The van der Waals surface area contributed by atoms with Gasteiger partial charge in [0.2, 0.25) is 5.82 Å². The molecule has 136 valence electrons. The first-order chi connectivity index (χ1) is 12.4. The van der Waals surface area contributed by atoms with Crippen LogP contribution in [0.15, 0.2) is 35.4 Å². The molecule has 0 amide bonds. The highest BCUT2D eigenvalue weighted by atomic mass is 35.5. The number of nitrogens with zero attached hydrogens (tertiary/aromatic N) is 4. The summed E-state index contributed by atoms with van der Waals surface area (Å²) < 4.78 is 44.2. The second-order valence-corrected chi connectivity index (χ2v) is 5.94. The Morgan fingerprint density at radius 3 is 2.46 bits per heavy atom. The number of aromatic nitrogens is 4. The summed E-state index contributed by atoms with van der Waals surface area (Å²) in [6.07, 6.45) is 4.26. The number of halogens is 4. The van der Waals surface area contributed by atoms with Gasteiger partial charge in [-0.25, -0.2) is 22.8 Å². The van der Waals surface area contributed by atoms with Gasteiger partial charge in [-0.05, 0) is 12.5 Å². The summed E-state index contributed by atoms with van der Waals surface area (Å²) in [5, 5.41) is 3.66. The van der Waals surface area contributed by atoms with Crippen LogP contribution >= 0.6 is 11.6 Å². The van der Waals surface area contributed by atoms with Gasteiger partial charge in [0.15, 0.2) is 5.15 Å². The van der Waals surface area contributed by atoms with E-state index in [9.17, 15) is 18.0 Å². The molecule has 0 N–H and O–H groups in total. The largest absolute Gasteiger partial charge is 0.302 e. The van der Waals surface area contributed by atoms with E-state index in [-0.39, 0.29) is 23.2 Å². The minimum absolute atomic E-state index is 0.0946. The SMILES string of the molecule is CCCCn1c(-c2c(F)cc(F)cc2F)c(Cl)nc(-n2cccn2)c1=O. The lowest BCUT2D eigenvalue weighted by atomic mass is 10.1. The predicted octanol–water partition coefficient (Wildman–Crippen LogP) is 3.97. The van der Waals surface area contributed by atoms with E-state index in [0.29, 0.717) is 18.6 Å². The molecule has 5 nitrogen and oxygen atoms in total. The van der Waals surface area contributed by atoms with Crippen LogP contribution in [0, 0.1) is 17.5 Å². The number of unbranched alkanes of at least 4 members (excludes halogenated alkanes) is 1. The van der Waals surface area contributed by atoms with E-state index < -0.39 is 28.6 Å². The molecular formula is C17H14ClF3N4O. The average Bonchev–Trinajstić information content (AvgIpc) is 3.10. The molecular weight excluding hydrogens is 369 g/mol. The molecule has 0 unspecified atom stereocenters. The molecule has 0 atom stereocenters. The summed E-state index contributed by atoms with van der Waals surface area (Å²) in [5.41, 5.74) is -1.43. The molecule has 0 saturated heterocycles. The van der Waals surface area contributed by atoms with E-state index >= 15 is 0 Å². The van der Waals surface area contributed by atoms with Crippen molar-refractivity contribution in [2.24, 2.45) is 0 Å². The number of benzene rings is 1. The third-order valence-corrected chi connectivity index (χ3v) is 4.07. The molecule has 0 saturated carbocycles. The maximum absolute atomic E-state index is 14.3. The van der Waals surface area contributed by atoms with Crippen LogP contribution in [-0.4, -0.2) is 19.3 Å². The molecule has 0 fully saturated rings. The van der Waals surface area contributed by atoms with Crippen molar-refractivity contribution in [2.45, 2.75) is 26.3 Å². The predicted molar refractivity (Wildman–Crippen MR) is 90.8 cm³/mol. The van der Waals surface area contributed by atoms with Crippen LogP contribution in [0.3, 0.4) is 0 Å². The minimum Gasteiger partial charge on any atom is -0.302 e. The Hall–Kier alpha value is -2.61. The lowest BCUT2D eigenvalue weighted by Gasteiger charge is -2.16. The zero-order valence-electron chi connectivity index (χ0n) is 13.7. The molecule has 0 spiro atoms. The van der Waals surface area contributed by atoms with E-state index in [1.165, 1.54) is 17.1 Å². The van der Waals surface area contributed by atoms with Crippen molar-refractivity contribution >= 4 is 11.6 Å². The fourth-order valence-corrected chi connectivity index (χ4v) is 2.88. The van der Waals surface area contributed by atoms with E-state index in [4.69, 9.17) is 11.6 Å². The van der Waals surface area contributed by atoms with Crippen LogP contribution in [0.25, 0.3) is 17.1 Å². The molecule has 26 heavy (non-hydrogen) atoms. The summed E-state index contributed by atoms with van der Waals surface area (Å²) in [4.78, 5) is 16.8. The smallest absolute Gasteiger partial charge is 0.296 e. The Balaban J connectivity index is 2.32. The van der Waals surface area contributed by atoms with Crippen molar-refractivity contribution < 1.29 is 13.2 Å². The van der Waals surface area contributed by atoms with Crippen molar-refractivity contribution in [1.82, 2.24) is 19.3 Å². The van der Waals surface area contributed by atoms with Crippen LogP contribution < -0.4 is 5.56 Å². The molecule has 0 radical (unpaired) electrons. The Kier molecular flexibility index (Phi) is 5.13. The fraction of sp³-hybridized carbons (Fsp3) is 0.235. The van der Waals surface area contributed by atoms with Crippen molar-refractivity contribution in [3.63, 3.8) is 0 Å². The molecule has 2 heterocycles. The van der Waals surface area contributed by atoms with Crippen LogP contribution in [-0.2, 0) is 6.54 Å². The standard InChI is InChI=1S/C17H14ClF3N4O/c1-2-3-6-24-14(13-11(20)8-10(19)9-12(13)21)15(18)23-16(17(24)26)25-7-4-5-22-25/h4-5,7-9H,2-3,6H2,1H3. The first kappa shape index (κ1) is 18.2. The molecule has 0 bridgehead atoms. The summed E-state index contributed by atoms with van der Waals surface area (Å²) >= 11 is 6.18. The Bertz CT molecular complexity index is 979. The van der Waals surface area contributed by atoms with Gasteiger partial charge in [0, 0.05) is 31.1 Å². The Morgan fingerprint density at radius 2 is 1.88 bits per heavy atom. The third kappa shape index (κ3) is 3.24. The van der Waals surface area contributed by atoms with Crippen molar-refractivity contribution in [3.05, 3.63) is 63.6 Å². The van der Waals surface area contributed by atoms with E-state index in [1.54, 1.807) is 6.07 Å². The van der Waals surface area contributed by atoms with Crippen molar-refractivity contribution in [2.75, 3.05) is 0 Å². The first-order valence-corrected chi connectivity index (χ1v) is 8.27. The third-order valence-electron chi connectivity index (χ3n) is 3.81. The van der Waals surface area contributed by atoms with Crippen LogP contribution in [0.2, 0.25) is 5.15 Å². The Morgan fingerprint density at radius 1 is 1.19 bits per heavy atom. The highest BCUT2D eigenvalue weighted by Crippen LogP contribution is 2.31. The van der Waals surface area contributed by atoms with Gasteiger partial charge < -0.3 is 4.57 Å². The van der Waals surface area contributed by atoms with Crippen molar-refractivity contribution in [3.8, 4) is 17.1 Å². The summed E-state index contributed by atoms with van der Waals surface area (Å²) in [5.74, 6) is -3.49. The zero-order valence-corrected chi connectivity index (χ0v) is 14.5. The molecule has 0 aliphatic carbocycles. The summed E-state index contributed by atoms with van der Waals surface area (Å²) in [7, 11) is 0. The molecule has 0 aliphatic heterocycles. The van der Waals surface area contributed by atoms with Gasteiger partial charge in [-0.1, -0.05) is 24.9 Å². The Labute approximate surface area is 151 Å². The lowest BCUT2D eigenvalue weighted by molar-refractivity contribution is 0.541. The molecule has 2 aromatic heterocycles. The second-order valence-electron chi connectivity index (χ2n) is 5.58. The first-order valence-electron chi connectivity index (χ1n) is 7.89. The number of rotatable bonds is 5. The molecule has 9 heteroatoms. The fourth-order valence-electron chi connectivity index (χ4n) is 2.61. The van der Waals surface area contributed by atoms with Gasteiger partial charge in [0.05, 0.1) is 11.3 Å². The van der Waals surface area contributed by atoms with Crippen molar-refractivity contribution in [1.29, 1.82) is 0 Å². The number of hydrogen-bond acceptors (Lipinski definition) is 3. The molecule has 3 rings (SSSR count). The lowest BCUT2D eigenvalue weighted by Crippen LogP contribution is -2.28. The van der Waals surface area contributed by atoms with E-state index in [1.807, 2.05) is 6.92 Å². The van der Waals surface area contributed by atoms with Gasteiger partial charge in [-0.2, -0.15) is 5.10 Å². The normalized spacial score (nSPS) is 11.1. The monoisotopic (exact) mass is 382 g/mol. The van der Waals surface area contributed by atoms with Crippen LogP contribution in [0.5, 0.6) is 0 Å². The zero-order chi connectivity index (χ0) is 18.8. The maximum atomic E-state index is 14.3. The average molecular weight is 383 g/mol. The van der Waals surface area contributed by atoms with Gasteiger partial charge >= 0.3 is 0 Å². The molecule has 1 aromatic carbocycles. The number of hydrogen-bond donors (Lipinski definition) is 0. The van der Waals surface area contributed by atoms with Gasteiger partial charge in [-0.3, -0.25) is 4.79 Å². The topological polar surface area (TPSA) is 52.7 Å². The van der Waals surface area contributed by atoms with E-state index in [0.717, 1.165) is 11.0 Å². The molecule has 0 aliphatic rings. The van der Waals surface area contributed by atoms with Gasteiger partial charge in [0.25, 0.3) is 5.56 Å². The van der Waals surface area contributed by atoms with Crippen LogP contribution in [0.1, 0.15) is 19.8 Å². The van der Waals surface area contributed by atoms with Crippen LogP contribution in [0.4, 0.5) is 13.2 Å². The minimum atomic E-state index is -1.16. The second kappa shape index (κ2) is 7.33. The van der Waals surface area contributed by atoms with E-state index in [2.05, 4.69) is 10.1 Å². The highest BCUT2D eigenvalue weighted by molar-refractivity contribution is 6.31. The highest BCUT2D eigenvalue weighted by Gasteiger charge is 2.24. The summed E-state index contributed by atoms with van der Waals surface area (Å²) in [6, 6.07) is 2.66.